The van der Waals surface area contributed by atoms with Crippen molar-refractivity contribution in [3.63, 3.8) is 0 Å². The van der Waals surface area contributed by atoms with E-state index in [0.717, 1.165) is 0 Å². The number of rotatable bonds is 4. The number of carbonyl (C=O) groups is 1. The van der Waals surface area contributed by atoms with Crippen LogP contribution in [0.5, 0.6) is 0 Å². The molecule has 0 aromatic carbocycles. The first-order valence-electron chi connectivity index (χ1n) is 8.50. The molecular weight excluding hydrogens is 332 g/mol. The smallest absolute Gasteiger partial charge is 0.342 e. The molecule has 3 aromatic heterocycles. The van der Waals surface area contributed by atoms with Gasteiger partial charge in [0.15, 0.2) is 0 Å². The zero-order valence-corrected chi connectivity index (χ0v) is 15.3. The van der Waals surface area contributed by atoms with Crippen molar-refractivity contribution in [3.05, 3.63) is 58.3 Å². The number of hydrogen-bond acceptors (Lipinski definition) is 5. The van der Waals surface area contributed by atoms with E-state index < -0.39 is 11.6 Å². The zero-order valence-electron chi connectivity index (χ0n) is 15.3. The highest BCUT2D eigenvalue weighted by Crippen LogP contribution is 2.20. The number of hydrogen-bond donors (Lipinski definition) is 2. The summed E-state index contributed by atoms with van der Waals surface area (Å²) < 4.78 is 1.80. The highest BCUT2D eigenvalue weighted by Gasteiger charge is 2.21. The lowest BCUT2D eigenvalue weighted by atomic mass is 9.91. The molecule has 0 fully saturated rings. The molecule has 3 rings (SSSR count). The molecule has 1 amide bonds. The first-order valence-corrected chi connectivity index (χ1v) is 8.50. The van der Waals surface area contributed by atoms with Crippen molar-refractivity contribution in [3.8, 4) is 0 Å². The highest BCUT2D eigenvalue weighted by atomic mass is 16.2. The lowest BCUT2D eigenvalue weighted by Gasteiger charge is -2.19. The number of H-pyrrole nitrogens is 1. The number of nitrogens with zero attached hydrogens (tertiary/aromatic N) is 4. The fraction of sp³-hybridized carbons (Fsp3) is 0.389. The number of nitrogens with one attached hydrogen (secondary N) is 2. The van der Waals surface area contributed by atoms with Crippen LogP contribution < -0.4 is 11.0 Å². The predicted molar refractivity (Wildman–Crippen MR) is 97.0 cm³/mol. The second-order valence-electron chi connectivity index (χ2n) is 7.16. The Hall–Kier alpha value is -3.03. The van der Waals surface area contributed by atoms with Gasteiger partial charge in [-0.15, -0.1) is 0 Å². The minimum Gasteiger partial charge on any atom is -0.342 e. The van der Waals surface area contributed by atoms with Crippen molar-refractivity contribution in [2.75, 3.05) is 0 Å². The number of imidazole rings is 1. The Morgan fingerprint density at radius 1 is 1.35 bits per heavy atom. The average molecular weight is 354 g/mol. The molecule has 8 nitrogen and oxygen atoms in total. The van der Waals surface area contributed by atoms with Gasteiger partial charge in [0.05, 0.1) is 11.7 Å². The molecule has 3 aromatic rings. The third-order valence-electron chi connectivity index (χ3n) is 4.11. The second kappa shape index (κ2) is 6.70. The number of amides is 1. The molecule has 0 aliphatic rings. The Kier molecular flexibility index (Phi) is 4.58. The molecule has 26 heavy (non-hydrogen) atoms. The molecule has 0 unspecified atom stereocenters. The van der Waals surface area contributed by atoms with Crippen LogP contribution in [0.2, 0.25) is 0 Å². The van der Waals surface area contributed by atoms with Gasteiger partial charge in [0.2, 0.25) is 5.78 Å². The van der Waals surface area contributed by atoms with Crippen LogP contribution in [-0.4, -0.2) is 30.2 Å². The molecule has 0 radical (unpaired) electrons. The summed E-state index contributed by atoms with van der Waals surface area (Å²) in [6, 6.07) is 3.13. The van der Waals surface area contributed by atoms with Gasteiger partial charge < -0.3 is 10.3 Å². The monoisotopic (exact) mass is 354 g/mol. The van der Waals surface area contributed by atoms with Gasteiger partial charge in [-0.25, -0.2) is 14.8 Å². The third-order valence-corrected chi connectivity index (χ3v) is 4.11. The summed E-state index contributed by atoms with van der Waals surface area (Å²) in [6.45, 7) is 7.82. The first kappa shape index (κ1) is 17.8. The summed E-state index contributed by atoms with van der Waals surface area (Å²) in [4.78, 5) is 39.6. The zero-order chi connectivity index (χ0) is 18.9. The van der Waals surface area contributed by atoms with Gasteiger partial charge in [-0.1, -0.05) is 27.7 Å². The van der Waals surface area contributed by atoms with Gasteiger partial charge in [-0.2, -0.15) is 4.98 Å². The molecule has 2 N–H and O–H groups in total. The van der Waals surface area contributed by atoms with Crippen LogP contribution in [0, 0.1) is 0 Å². The Labute approximate surface area is 150 Å². The molecule has 0 bridgehead atoms. The molecule has 1 atom stereocenters. The second-order valence-corrected chi connectivity index (χ2v) is 7.16. The van der Waals surface area contributed by atoms with Gasteiger partial charge in [-0.05, 0) is 18.6 Å². The van der Waals surface area contributed by atoms with Crippen molar-refractivity contribution in [1.82, 2.24) is 29.7 Å². The molecule has 3 heterocycles. The lowest BCUT2D eigenvalue weighted by Crippen LogP contribution is -2.32. The highest BCUT2D eigenvalue weighted by molar-refractivity contribution is 5.92. The summed E-state index contributed by atoms with van der Waals surface area (Å²) in [5.41, 5.74) is 0.633. The van der Waals surface area contributed by atoms with Crippen LogP contribution in [-0.2, 0) is 5.41 Å². The lowest BCUT2D eigenvalue weighted by molar-refractivity contribution is 0.0929. The normalized spacial score (nSPS) is 12.9. The van der Waals surface area contributed by atoms with Crippen molar-refractivity contribution in [1.29, 1.82) is 0 Å². The van der Waals surface area contributed by atoms with Gasteiger partial charge in [0.1, 0.15) is 5.69 Å². The van der Waals surface area contributed by atoms with Gasteiger partial charge in [0, 0.05) is 29.7 Å². The van der Waals surface area contributed by atoms with Crippen molar-refractivity contribution in [2.45, 2.75) is 45.6 Å². The Morgan fingerprint density at radius 2 is 2.12 bits per heavy atom. The van der Waals surface area contributed by atoms with Crippen LogP contribution in [0.4, 0.5) is 0 Å². The fourth-order valence-electron chi connectivity index (χ4n) is 2.61. The van der Waals surface area contributed by atoms with E-state index in [1.54, 1.807) is 16.7 Å². The van der Waals surface area contributed by atoms with E-state index in [1.165, 1.54) is 0 Å². The number of aromatic amines is 1. The molecule has 136 valence electrons. The van der Waals surface area contributed by atoms with Gasteiger partial charge in [-0.3, -0.25) is 9.20 Å². The van der Waals surface area contributed by atoms with E-state index in [2.05, 4.69) is 25.3 Å². The summed E-state index contributed by atoms with van der Waals surface area (Å²) >= 11 is 0. The summed E-state index contributed by atoms with van der Waals surface area (Å²) in [5.74, 6) is 0.165. The van der Waals surface area contributed by atoms with E-state index in [0.29, 0.717) is 23.6 Å². The molecule has 0 saturated heterocycles. The van der Waals surface area contributed by atoms with Crippen LogP contribution in [0.1, 0.15) is 62.0 Å². The maximum atomic E-state index is 12.7. The Balaban J connectivity index is 1.88. The SMILES string of the molecule is CC[C@H](NC(=O)c1cc(C(C)(C)C)[nH]c(=O)n1)c1cn2cccnc2n1. The van der Waals surface area contributed by atoms with Gasteiger partial charge >= 0.3 is 5.69 Å². The Morgan fingerprint density at radius 3 is 2.77 bits per heavy atom. The van der Waals surface area contributed by atoms with E-state index in [9.17, 15) is 9.59 Å². The summed E-state index contributed by atoms with van der Waals surface area (Å²) in [7, 11) is 0. The number of aromatic nitrogens is 5. The summed E-state index contributed by atoms with van der Waals surface area (Å²) in [5, 5.41) is 2.91. The molecule has 0 aliphatic carbocycles. The summed E-state index contributed by atoms with van der Waals surface area (Å²) in [6.07, 6.45) is 5.99. The van der Waals surface area contributed by atoms with Crippen LogP contribution in [0.25, 0.3) is 5.78 Å². The average Bonchev–Trinajstić information content (AvgIpc) is 3.02. The standard InChI is InChI=1S/C18H22N6O2/c1-5-11(13-10-24-8-6-7-19-16(24)21-13)20-15(25)12-9-14(18(2,3)4)23-17(26)22-12/h6-11H,5H2,1-4H3,(H,20,25)(H,22,23,26)/t11-/m0/s1. The number of carbonyl (C=O) groups excluding carboxylic acids is 1. The number of fused-ring (bicyclic) bond motifs is 1. The van der Waals surface area contributed by atoms with Crippen molar-refractivity contribution >= 4 is 11.7 Å². The van der Waals surface area contributed by atoms with E-state index >= 15 is 0 Å². The quantitative estimate of drug-likeness (QED) is 0.745. The predicted octanol–water partition coefficient (Wildman–Crippen LogP) is 1.99. The molecule has 0 aliphatic heterocycles. The van der Waals surface area contributed by atoms with Crippen LogP contribution >= 0.6 is 0 Å². The fourth-order valence-corrected chi connectivity index (χ4v) is 2.61. The topological polar surface area (TPSA) is 105 Å². The molecule has 8 heteroatoms. The largest absolute Gasteiger partial charge is 0.345 e. The minimum atomic E-state index is -0.535. The first-order chi connectivity index (χ1) is 12.3. The Bertz CT molecular complexity index is 966. The van der Waals surface area contributed by atoms with E-state index in [-0.39, 0.29) is 17.2 Å². The molecule has 0 spiro atoms. The van der Waals surface area contributed by atoms with Crippen LogP contribution in [0.15, 0.2) is 35.5 Å². The van der Waals surface area contributed by atoms with Crippen LogP contribution in [0.3, 0.4) is 0 Å². The third kappa shape index (κ3) is 3.63. The molecule has 0 saturated carbocycles. The van der Waals surface area contributed by atoms with Crippen molar-refractivity contribution in [2.24, 2.45) is 0 Å². The van der Waals surface area contributed by atoms with Crippen molar-refractivity contribution < 1.29 is 4.79 Å². The maximum Gasteiger partial charge on any atom is 0.345 e. The van der Waals surface area contributed by atoms with E-state index in [4.69, 9.17) is 0 Å². The van der Waals surface area contributed by atoms with Gasteiger partial charge in [0.25, 0.3) is 5.91 Å². The minimum absolute atomic E-state index is 0.0963. The van der Waals surface area contributed by atoms with E-state index in [1.807, 2.05) is 46.2 Å². The maximum absolute atomic E-state index is 12.7. The molecular formula is C18H22N6O2.